The molecule has 20 heavy (non-hydrogen) atoms. The number of aryl methyl sites for hydroxylation is 1. The fourth-order valence-electron chi connectivity index (χ4n) is 2.04. The monoisotopic (exact) mass is 336 g/mol. The molecule has 0 aliphatic heterocycles. The molecule has 0 saturated heterocycles. The van der Waals surface area contributed by atoms with E-state index in [-0.39, 0.29) is 0 Å². The Kier molecular flexibility index (Phi) is 4.68. The van der Waals surface area contributed by atoms with Crippen LogP contribution in [0.15, 0.2) is 40.9 Å². The van der Waals surface area contributed by atoms with Crippen LogP contribution >= 0.6 is 15.9 Å². The summed E-state index contributed by atoms with van der Waals surface area (Å²) in [6.07, 6.45) is -0.702. The maximum Gasteiger partial charge on any atom is 0.174 e. The molecule has 1 unspecified atom stereocenters. The van der Waals surface area contributed by atoms with Gasteiger partial charge in [0.1, 0.15) is 6.10 Å². The number of hydrogen-bond acceptors (Lipinski definition) is 3. The van der Waals surface area contributed by atoms with Gasteiger partial charge in [-0.25, -0.2) is 0 Å². The molecule has 2 aromatic rings. The number of ether oxygens (including phenoxy) is 2. The topological polar surface area (TPSA) is 38.7 Å². The minimum Gasteiger partial charge on any atom is -0.493 e. The molecule has 0 saturated carbocycles. The third-order valence-corrected chi connectivity index (χ3v) is 3.75. The van der Waals surface area contributed by atoms with Gasteiger partial charge in [-0.05, 0) is 46.1 Å². The first-order valence-electron chi connectivity index (χ1n) is 6.23. The summed E-state index contributed by atoms with van der Waals surface area (Å²) in [5.74, 6) is 1.20. The average molecular weight is 337 g/mol. The van der Waals surface area contributed by atoms with Crippen molar-refractivity contribution in [3.63, 3.8) is 0 Å². The van der Waals surface area contributed by atoms with E-state index in [0.717, 1.165) is 21.2 Å². The number of methoxy groups -OCH3 is 2. The van der Waals surface area contributed by atoms with Crippen molar-refractivity contribution in [1.29, 1.82) is 0 Å². The predicted molar refractivity (Wildman–Crippen MR) is 82.5 cm³/mol. The van der Waals surface area contributed by atoms with E-state index < -0.39 is 6.10 Å². The molecule has 0 aliphatic carbocycles. The van der Waals surface area contributed by atoms with Gasteiger partial charge in [0, 0.05) is 0 Å². The Morgan fingerprint density at radius 2 is 1.65 bits per heavy atom. The van der Waals surface area contributed by atoms with Crippen molar-refractivity contribution in [3.05, 3.63) is 57.6 Å². The Morgan fingerprint density at radius 3 is 2.20 bits per heavy atom. The van der Waals surface area contributed by atoms with Crippen molar-refractivity contribution >= 4 is 15.9 Å². The molecule has 0 radical (unpaired) electrons. The van der Waals surface area contributed by atoms with Crippen molar-refractivity contribution < 1.29 is 14.6 Å². The lowest BCUT2D eigenvalue weighted by atomic mass is 10.00. The molecule has 106 valence electrons. The summed E-state index contributed by atoms with van der Waals surface area (Å²) in [4.78, 5) is 0. The maximum atomic E-state index is 10.5. The van der Waals surface area contributed by atoms with Crippen molar-refractivity contribution in [2.75, 3.05) is 14.2 Å². The number of aliphatic hydroxyl groups excluding tert-OH is 1. The molecule has 2 rings (SSSR count). The van der Waals surface area contributed by atoms with Crippen molar-refractivity contribution in [3.8, 4) is 11.5 Å². The smallest absolute Gasteiger partial charge is 0.174 e. The van der Waals surface area contributed by atoms with Gasteiger partial charge in [-0.15, -0.1) is 0 Å². The number of hydrogen-bond donors (Lipinski definition) is 1. The summed E-state index contributed by atoms with van der Waals surface area (Å²) >= 11 is 3.44. The van der Waals surface area contributed by atoms with Crippen LogP contribution in [0.4, 0.5) is 0 Å². The van der Waals surface area contributed by atoms with Crippen LogP contribution < -0.4 is 9.47 Å². The minimum absolute atomic E-state index is 0.586. The summed E-state index contributed by atoms with van der Waals surface area (Å²) in [6.45, 7) is 2.02. The molecule has 0 amide bonds. The van der Waals surface area contributed by atoms with Crippen LogP contribution in [0.25, 0.3) is 0 Å². The average Bonchev–Trinajstić information content (AvgIpc) is 2.46. The van der Waals surface area contributed by atoms with Crippen LogP contribution in [0.2, 0.25) is 0 Å². The summed E-state index contributed by atoms with van der Waals surface area (Å²) in [6, 6.07) is 11.4. The molecule has 0 bridgehead atoms. The third kappa shape index (κ3) is 2.97. The number of benzene rings is 2. The summed E-state index contributed by atoms with van der Waals surface area (Å²) in [5, 5.41) is 10.5. The summed E-state index contributed by atoms with van der Waals surface area (Å²) < 4.78 is 11.3. The van der Waals surface area contributed by atoms with E-state index >= 15 is 0 Å². The second-order valence-electron chi connectivity index (χ2n) is 4.55. The van der Waals surface area contributed by atoms with E-state index in [0.29, 0.717) is 11.5 Å². The van der Waals surface area contributed by atoms with E-state index in [1.165, 1.54) is 0 Å². The molecule has 0 aromatic heterocycles. The zero-order valence-corrected chi connectivity index (χ0v) is 13.3. The first-order chi connectivity index (χ1) is 9.56. The molecule has 4 heteroatoms. The summed E-state index contributed by atoms with van der Waals surface area (Å²) in [7, 11) is 3.16. The number of halogens is 1. The van der Waals surface area contributed by atoms with Crippen LogP contribution in [0.3, 0.4) is 0 Å². The molecule has 1 N–H and O–H groups in total. The van der Waals surface area contributed by atoms with E-state index in [2.05, 4.69) is 15.9 Å². The van der Waals surface area contributed by atoms with E-state index in [1.54, 1.807) is 20.3 Å². The van der Waals surface area contributed by atoms with Gasteiger partial charge in [0.15, 0.2) is 11.5 Å². The molecule has 0 spiro atoms. The summed E-state index contributed by atoms with van der Waals surface area (Å²) in [5.41, 5.74) is 2.75. The first kappa shape index (κ1) is 14.9. The predicted octanol–water partition coefficient (Wildman–Crippen LogP) is 3.86. The normalized spacial score (nSPS) is 12.1. The zero-order valence-electron chi connectivity index (χ0n) is 11.7. The molecule has 2 aromatic carbocycles. The molecule has 1 atom stereocenters. The van der Waals surface area contributed by atoms with Gasteiger partial charge in [0.25, 0.3) is 0 Å². The Balaban J connectivity index is 2.42. The molecular formula is C16H17BrO3. The Morgan fingerprint density at radius 1 is 1.00 bits per heavy atom. The highest BCUT2D eigenvalue weighted by Crippen LogP contribution is 2.38. The van der Waals surface area contributed by atoms with Crippen LogP contribution in [0.5, 0.6) is 11.5 Å². The molecule has 0 heterocycles. The van der Waals surface area contributed by atoms with Gasteiger partial charge in [-0.2, -0.15) is 0 Å². The molecular weight excluding hydrogens is 320 g/mol. The molecule has 0 fully saturated rings. The lowest BCUT2D eigenvalue weighted by molar-refractivity contribution is 0.219. The number of aliphatic hydroxyl groups is 1. The first-order valence-corrected chi connectivity index (χ1v) is 7.02. The molecule has 0 aliphatic rings. The molecule has 3 nitrogen and oxygen atoms in total. The van der Waals surface area contributed by atoms with E-state index in [1.807, 2.05) is 37.3 Å². The second-order valence-corrected chi connectivity index (χ2v) is 5.41. The zero-order chi connectivity index (χ0) is 14.7. The second kappa shape index (κ2) is 6.29. The van der Waals surface area contributed by atoms with E-state index in [4.69, 9.17) is 9.47 Å². The van der Waals surface area contributed by atoms with Crippen LogP contribution in [-0.2, 0) is 0 Å². The van der Waals surface area contributed by atoms with Crippen molar-refractivity contribution in [1.82, 2.24) is 0 Å². The van der Waals surface area contributed by atoms with E-state index in [9.17, 15) is 5.11 Å². The fraction of sp³-hybridized carbons (Fsp3) is 0.250. The standard InChI is InChI=1S/C16H17BrO3/c1-10-4-6-11(7-5-10)15(18)12-8-13(17)16(20-3)14(9-12)19-2/h4-9,15,18H,1-3H3. The van der Waals surface area contributed by atoms with Gasteiger partial charge < -0.3 is 14.6 Å². The van der Waals surface area contributed by atoms with Gasteiger partial charge in [-0.3, -0.25) is 0 Å². The number of rotatable bonds is 4. The Labute approximate surface area is 127 Å². The van der Waals surface area contributed by atoms with Crippen molar-refractivity contribution in [2.24, 2.45) is 0 Å². The Bertz CT molecular complexity index is 593. The van der Waals surface area contributed by atoms with Crippen LogP contribution in [-0.4, -0.2) is 19.3 Å². The van der Waals surface area contributed by atoms with Gasteiger partial charge in [0.2, 0.25) is 0 Å². The maximum absolute atomic E-state index is 10.5. The Hall–Kier alpha value is -1.52. The lowest BCUT2D eigenvalue weighted by Crippen LogP contribution is -2.01. The SMILES string of the molecule is COc1cc(C(O)c2ccc(C)cc2)cc(Br)c1OC. The lowest BCUT2D eigenvalue weighted by Gasteiger charge is -2.16. The van der Waals surface area contributed by atoms with Gasteiger partial charge >= 0.3 is 0 Å². The third-order valence-electron chi connectivity index (χ3n) is 3.16. The highest BCUT2D eigenvalue weighted by Gasteiger charge is 2.16. The largest absolute Gasteiger partial charge is 0.493 e. The highest BCUT2D eigenvalue weighted by molar-refractivity contribution is 9.10. The highest BCUT2D eigenvalue weighted by atomic mass is 79.9. The van der Waals surface area contributed by atoms with Gasteiger partial charge in [-0.1, -0.05) is 29.8 Å². The van der Waals surface area contributed by atoms with Gasteiger partial charge in [0.05, 0.1) is 18.7 Å². The van der Waals surface area contributed by atoms with Crippen LogP contribution in [0.1, 0.15) is 22.8 Å². The quantitative estimate of drug-likeness (QED) is 0.921. The minimum atomic E-state index is -0.702. The fourth-order valence-corrected chi connectivity index (χ4v) is 2.66. The van der Waals surface area contributed by atoms with Crippen molar-refractivity contribution in [2.45, 2.75) is 13.0 Å². The van der Waals surface area contributed by atoms with Crippen LogP contribution in [0, 0.1) is 6.92 Å².